The van der Waals surface area contributed by atoms with E-state index in [4.69, 9.17) is 5.26 Å². The van der Waals surface area contributed by atoms with Crippen molar-refractivity contribution in [2.24, 2.45) is 5.92 Å². The predicted octanol–water partition coefficient (Wildman–Crippen LogP) is 1.35. The van der Waals surface area contributed by atoms with E-state index in [1.54, 1.807) is 16.4 Å². The Kier molecular flexibility index (Phi) is 4.89. The van der Waals surface area contributed by atoms with Gasteiger partial charge in [-0.15, -0.1) is 12.4 Å². The Balaban J connectivity index is 0.00000161. The molecular weight excluding hydrogens is 310 g/mol. The van der Waals surface area contributed by atoms with Gasteiger partial charge in [-0.1, -0.05) is 0 Å². The minimum absolute atomic E-state index is 0. The number of piperidine rings is 1. The third-order valence-corrected chi connectivity index (χ3v) is 6.12. The Hall–Kier alpha value is -1.13. The molecule has 2 fully saturated rings. The molecule has 5 nitrogen and oxygen atoms in total. The Morgan fingerprint density at radius 1 is 1.24 bits per heavy atom. The lowest BCUT2D eigenvalue weighted by atomic mass is 9.95. The van der Waals surface area contributed by atoms with Crippen LogP contribution in [0.5, 0.6) is 0 Å². The summed E-state index contributed by atoms with van der Waals surface area (Å²) in [6.07, 6.45) is 1.92. The molecule has 21 heavy (non-hydrogen) atoms. The van der Waals surface area contributed by atoms with Gasteiger partial charge in [0.05, 0.1) is 16.5 Å². The second kappa shape index (κ2) is 6.32. The summed E-state index contributed by atoms with van der Waals surface area (Å²) in [6, 6.07) is 8.62. The highest BCUT2D eigenvalue weighted by Gasteiger charge is 2.37. The predicted molar refractivity (Wildman–Crippen MR) is 81.7 cm³/mol. The number of benzene rings is 1. The van der Waals surface area contributed by atoms with Crippen LogP contribution in [0.1, 0.15) is 18.4 Å². The SMILES string of the molecule is Cl.N#Cc1ccc(S(=O)(=O)N2CCC3NCCC3C2)cc1. The maximum Gasteiger partial charge on any atom is 0.243 e. The van der Waals surface area contributed by atoms with Gasteiger partial charge >= 0.3 is 0 Å². The fraction of sp³-hybridized carbons (Fsp3) is 0.500. The molecule has 2 saturated heterocycles. The van der Waals surface area contributed by atoms with Crippen LogP contribution in [0, 0.1) is 17.2 Å². The van der Waals surface area contributed by atoms with E-state index in [9.17, 15) is 8.42 Å². The first kappa shape index (κ1) is 16.2. The zero-order chi connectivity index (χ0) is 14.2. The van der Waals surface area contributed by atoms with Gasteiger partial charge < -0.3 is 5.32 Å². The quantitative estimate of drug-likeness (QED) is 0.890. The lowest BCUT2D eigenvalue weighted by molar-refractivity contribution is 0.247. The Labute approximate surface area is 131 Å². The number of nitrogens with one attached hydrogen (secondary N) is 1. The van der Waals surface area contributed by atoms with Gasteiger partial charge in [0.25, 0.3) is 0 Å². The maximum atomic E-state index is 12.6. The molecule has 1 aromatic rings. The van der Waals surface area contributed by atoms with E-state index in [-0.39, 0.29) is 17.3 Å². The minimum atomic E-state index is -3.43. The summed E-state index contributed by atoms with van der Waals surface area (Å²) < 4.78 is 26.8. The van der Waals surface area contributed by atoms with Gasteiger partial charge in [-0.25, -0.2) is 8.42 Å². The van der Waals surface area contributed by atoms with Crippen LogP contribution in [0.4, 0.5) is 0 Å². The molecule has 3 rings (SSSR count). The number of hydrogen-bond donors (Lipinski definition) is 1. The number of fused-ring (bicyclic) bond motifs is 1. The summed E-state index contributed by atoms with van der Waals surface area (Å²) in [5.41, 5.74) is 0.475. The van der Waals surface area contributed by atoms with Crippen molar-refractivity contribution in [1.82, 2.24) is 9.62 Å². The molecule has 1 aromatic carbocycles. The van der Waals surface area contributed by atoms with Crippen molar-refractivity contribution in [2.45, 2.75) is 23.8 Å². The van der Waals surface area contributed by atoms with Gasteiger partial charge in [-0.05, 0) is 49.6 Å². The van der Waals surface area contributed by atoms with Crippen molar-refractivity contribution >= 4 is 22.4 Å². The van der Waals surface area contributed by atoms with Crippen LogP contribution in [0.25, 0.3) is 0 Å². The molecule has 0 aromatic heterocycles. The van der Waals surface area contributed by atoms with E-state index in [2.05, 4.69) is 5.32 Å². The largest absolute Gasteiger partial charge is 0.314 e. The fourth-order valence-corrected chi connectivity index (χ4v) is 4.59. The average Bonchev–Trinajstić information content (AvgIpc) is 2.94. The molecule has 2 aliphatic rings. The van der Waals surface area contributed by atoms with Gasteiger partial charge in [0.15, 0.2) is 0 Å². The normalized spacial score (nSPS) is 25.7. The van der Waals surface area contributed by atoms with E-state index < -0.39 is 10.0 Å². The highest BCUT2D eigenvalue weighted by molar-refractivity contribution is 7.89. The topological polar surface area (TPSA) is 73.2 Å². The van der Waals surface area contributed by atoms with E-state index >= 15 is 0 Å². The van der Waals surface area contributed by atoms with Crippen molar-refractivity contribution < 1.29 is 8.42 Å². The molecular formula is C14H18ClN3O2S. The summed E-state index contributed by atoms with van der Waals surface area (Å²) in [7, 11) is -3.43. The van der Waals surface area contributed by atoms with Crippen LogP contribution < -0.4 is 5.32 Å². The molecule has 0 amide bonds. The van der Waals surface area contributed by atoms with Crippen molar-refractivity contribution in [2.75, 3.05) is 19.6 Å². The number of nitrogens with zero attached hydrogens (tertiary/aromatic N) is 2. The molecule has 0 aliphatic carbocycles. The molecule has 0 bridgehead atoms. The Bertz CT molecular complexity index is 639. The number of rotatable bonds is 2. The maximum absolute atomic E-state index is 12.6. The molecule has 2 unspecified atom stereocenters. The summed E-state index contributed by atoms with van der Waals surface area (Å²) in [4.78, 5) is 0.279. The zero-order valence-corrected chi connectivity index (χ0v) is 13.2. The minimum Gasteiger partial charge on any atom is -0.314 e. The molecule has 7 heteroatoms. The van der Waals surface area contributed by atoms with Crippen LogP contribution in [0.2, 0.25) is 0 Å². The molecule has 0 radical (unpaired) electrons. The lowest BCUT2D eigenvalue weighted by Crippen LogP contribution is -2.46. The molecule has 1 N–H and O–H groups in total. The Morgan fingerprint density at radius 2 is 1.95 bits per heavy atom. The summed E-state index contributed by atoms with van der Waals surface area (Å²) >= 11 is 0. The smallest absolute Gasteiger partial charge is 0.243 e. The molecule has 2 aliphatic heterocycles. The number of hydrogen-bond acceptors (Lipinski definition) is 4. The van der Waals surface area contributed by atoms with E-state index in [1.165, 1.54) is 12.1 Å². The third-order valence-electron chi connectivity index (χ3n) is 4.24. The first-order chi connectivity index (χ1) is 9.61. The summed E-state index contributed by atoms with van der Waals surface area (Å²) in [6.45, 7) is 2.15. The van der Waals surface area contributed by atoms with E-state index in [0.717, 1.165) is 19.4 Å². The molecule has 114 valence electrons. The second-order valence-electron chi connectivity index (χ2n) is 5.40. The molecule has 2 heterocycles. The first-order valence-corrected chi connectivity index (χ1v) is 8.29. The van der Waals surface area contributed by atoms with Gasteiger partial charge in [-0.2, -0.15) is 9.57 Å². The van der Waals surface area contributed by atoms with Crippen molar-refractivity contribution in [1.29, 1.82) is 5.26 Å². The van der Waals surface area contributed by atoms with Crippen molar-refractivity contribution in [3.05, 3.63) is 29.8 Å². The van der Waals surface area contributed by atoms with Crippen LogP contribution in [-0.4, -0.2) is 38.4 Å². The Morgan fingerprint density at radius 3 is 2.62 bits per heavy atom. The number of sulfonamides is 1. The first-order valence-electron chi connectivity index (χ1n) is 6.85. The second-order valence-corrected chi connectivity index (χ2v) is 7.34. The van der Waals surface area contributed by atoms with Crippen LogP contribution in [-0.2, 0) is 10.0 Å². The third kappa shape index (κ3) is 3.06. The lowest BCUT2D eigenvalue weighted by Gasteiger charge is -2.33. The van der Waals surface area contributed by atoms with Crippen molar-refractivity contribution in [3.8, 4) is 6.07 Å². The standard InChI is InChI=1S/C14H17N3O2S.ClH/c15-9-11-1-3-13(4-2-11)20(18,19)17-8-6-14-12(10-17)5-7-16-14;/h1-4,12,14,16H,5-8,10H2;1H. The van der Waals surface area contributed by atoms with Gasteiger partial charge in [0.2, 0.25) is 10.0 Å². The highest BCUT2D eigenvalue weighted by atomic mass is 35.5. The monoisotopic (exact) mass is 327 g/mol. The number of nitriles is 1. The highest BCUT2D eigenvalue weighted by Crippen LogP contribution is 2.28. The van der Waals surface area contributed by atoms with Gasteiger partial charge in [-0.3, -0.25) is 0 Å². The van der Waals surface area contributed by atoms with Crippen LogP contribution in [0.3, 0.4) is 0 Å². The van der Waals surface area contributed by atoms with E-state index in [1.807, 2.05) is 6.07 Å². The fourth-order valence-electron chi connectivity index (χ4n) is 3.08. The molecule has 0 saturated carbocycles. The van der Waals surface area contributed by atoms with Gasteiger partial charge in [0, 0.05) is 19.1 Å². The summed E-state index contributed by atoms with van der Waals surface area (Å²) in [5.74, 6) is 0.428. The van der Waals surface area contributed by atoms with Crippen LogP contribution in [0.15, 0.2) is 29.2 Å². The van der Waals surface area contributed by atoms with Crippen molar-refractivity contribution in [3.63, 3.8) is 0 Å². The average molecular weight is 328 g/mol. The zero-order valence-electron chi connectivity index (χ0n) is 11.5. The van der Waals surface area contributed by atoms with E-state index in [0.29, 0.717) is 30.6 Å². The number of halogens is 1. The van der Waals surface area contributed by atoms with Crippen LogP contribution >= 0.6 is 12.4 Å². The molecule has 2 atom stereocenters. The van der Waals surface area contributed by atoms with Gasteiger partial charge in [0.1, 0.15) is 0 Å². The summed E-state index contributed by atoms with van der Waals surface area (Å²) in [5, 5.41) is 12.2. The molecule has 0 spiro atoms.